The van der Waals surface area contributed by atoms with E-state index >= 15 is 0 Å². The predicted octanol–water partition coefficient (Wildman–Crippen LogP) is 1.63. The van der Waals surface area contributed by atoms with Crippen molar-refractivity contribution in [2.45, 2.75) is 6.04 Å². The Labute approximate surface area is 112 Å². The minimum atomic E-state index is 0.0465. The molecule has 0 aliphatic heterocycles. The summed E-state index contributed by atoms with van der Waals surface area (Å²) in [5, 5.41) is 5.42. The van der Waals surface area contributed by atoms with Crippen LogP contribution in [0, 0.1) is 0 Å². The van der Waals surface area contributed by atoms with Crippen LogP contribution in [0.25, 0.3) is 10.8 Å². The van der Waals surface area contributed by atoms with Crippen LogP contribution in [-0.2, 0) is 4.74 Å². The highest BCUT2D eigenvalue weighted by Crippen LogP contribution is 2.25. The fourth-order valence-corrected chi connectivity index (χ4v) is 1.96. The standard InChI is InChI=1S/C14H19N3O2/c1-18-9-11(8-15)17-14-13-4-3-12(19-2)7-10(13)5-6-16-14/h3-7,11H,8-9,15H2,1-2H3,(H,16,17). The van der Waals surface area contributed by atoms with E-state index in [0.29, 0.717) is 13.2 Å². The first-order valence-electron chi connectivity index (χ1n) is 6.16. The van der Waals surface area contributed by atoms with Crippen molar-refractivity contribution in [1.82, 2.24) is 4.98 Å². The summed E-state index contributed by atoms with van der Waals surface area (Å²) in [6, 6.07) is 7.89. The molecule has 0 aliphatic rings. The summed E-state index contributed by atoms with van der Waals surface area (Å²) in [5.74, 6) is 1.64. The molecule has 1 atom stereocenters. The molecule has 2 rings (SSSR count). The number of pyridine rings is 1. The van der Waals surface area contributed by atoms with Gasteiger partial charge in [0, 0.05) is 25.2 Å². The second-order valence-corrected chi connectivity index (χ2v) is 4.28. The molecule has 3 N–H and O–H groups in total. The van der Waals surface area contributed by atoms with Crippen molar-refractivity contribution in [1.29, 1.82) is 0 Å². The highest BCUT2D eigenvalue weighted by atomic mass is 16.5. The maximum absolute atomic E-state index is 5.71. The van der Waals surface area contributed by atoms with Crippen molar-refractivity contribution < 1.29 is 9.47 Å². The minimum Gasteiger partial charge on any atom is -0.497 e. The van der Waals surface area contributed by atoms with Crippen molar-refractivity contribution >= 4 is 16.6 Å². The monoisotopic (exact) mass is 261 g/mol. The van der Waals surface area contributed by atoms with E-state index in [0.717, 1.165) is 22.3 Å². The number of nitrogens with zero attached hydrogens (tertiary/aromatic N) is 1. The van der Waals surface area contributed by atoms with E-state index in [1.54, 1.807) is 20.4 Å². The normalized spacial score (nSPS) is 12.4. The number of nitrogens with one attached hydrogen (secondary N) is 1. The minimum absolute atomic E-state index is 0.0465. The molecule has 0 fully saturated rings. The van der Waals surface area contributed by atoms with Gasteiger partial charge in [0.25, 0.3) is 0 Å². The summed E-state index contributed by atoms with van der Waals surface area (Å²) in [7, 11) is 3.32. The third-order valence-electron chi connectivity index (χ3n) is 2.96. The molecular weight excluding hydrogens is 242 g/mol. The Bertz CT molecular complexity index is 545. The van der Waals surface area contributed by atoms with Gasteiger partial charge in [-0.25, -0.2) is 4.98 Å². The number of hydrogen-bond acceptors (Lipinski definition) is 5. The number of benzene rings is 1. The van der Waals surface area contributed by atoms with Crippen LogP contribution in [0.5, 0.6) is 5.75 Å². The SMILES string of the molecule is COCC(CN)Nc1nccc2cc(OC)ccc12. The smallest absolute Gasteiger partial charge is 0.134 e. The van der Waals surface area contributed by atoms with Crippen molar-refractivity contribution in [2.24, 2.45) is 5.73 Å². The summed E-state index contributed by atoms with van der Waals surface area (Å²) >= 11 is 0. The van der Waals surface area contributed by atoms with Gasteiger partial charge in [0.15, 0.2) is 0 Å². The van der Waals surface area contributed by atoms with Gasteiger partial charge in [0.2, 0.25) is 0 Å². The number of aromatic nitrogens is 1. The first-order chi connectivity index (χ1) is 9.28. The lowest BCUT2D eigenvalue weighted by Gasteiger charge is -2.17. The third kappa shape index (κ3) is 3.13. The number of rotatable bonds is 6. The van der Waals surface area contributed by atoms with Crippen LogP contribution in [0.2, 0.25) is 0 Å². The summed E-state index contributed by atoms with van der Waals surface area (Å²) in [5.41, 5.74) is 5.71. The van der Waals surface area contributed by atoms with E-state index in [2.05, 4.69) is 10.3 Å². The average molecular weight is 261 g/mol. The molecule has 0 saturated carbocycles. The van der Waals surface area contributed by atoms with E-state index in [-0.39, 0.29) is 6.04 Å². The number of methoxy groups -OCH3 is 2. The highest BCUT2D eigenvalue weighted by molar-refractivity contribution is 5.92. The molecule has 1 aromatic carbocycles. The number of nitrogens with two attached hydrogens (primary N) is 1. The Morgan fingerprint density at radius 2 is 2.16 bits per heavy atom. The zero-order valence-electron chi connectivity index (χ0n) is 11.2. The zero-order valence-corrected chi connectivity index (χ0v) is 11.2. The molecule has 5 heteroatoms. The maximum atomic E-state index is 5.71. The molecule has 0 spiro atoms. The first kappa shape index (κ1) is 13.6. The largest absolute Gasteiger partial charge is 0.497 e. The van der Waals surface area contributed by atoms with Crippen LogP contribution in [0.3, 0.4) is 0 Å². The average Bonchev–Trinajstić information content (AvgIpc) is 2.46. The number of anilines is 1. The zero-order chi connectivity index (χ0) is 13.7. The highest BCUT2D eigenvalue weighted by Gasteiger charge is 2.09. The maximum Gasteiger partial charge on any atom is 0.134 e. The number of ether oxygens (including phenoxy) is 2. The summed E-state index contributed by atoms with van der Waals surface area (Å²) < 4.78 is 10.3. The fourth-order valence-electron chi connectivity index (χ4n) is 1.96. The van der Waals surface area contributed by atoms with Gasteiger partial charge in [-0.05, 0) is 29.7 Å². The lowest BCUT2D eigenvalue weighted by atomic mass is 10.1. The fraction of sp³-hybridized carbons (Fsp3) is 0.357. The second kappa shape index (κ2) is 6.36. The number of hydrogen-bond donors (Lipinski definition) is 2. The van der Waals surface area contributed by atoms with E-state index in [4.69, 9.17) is 15.2 Å². The molecule has 0 bridgehead atoms. The quantitative estimate of drug-likeness (QED) is 0.827. The molecule has 0 aliphatic carbocycles. The molecule has 102 valence electrons. The number of fused-ring (bicyclic) bond motifs is 1. The van der Waals surface area contributed by atoms with Crippen LogP contribution in [-0.4, -0.2) is 38.4 Å². The van der Waals surface area contributed by atoms with Gasteiger partial charge in [-0.15, -0.1) is 0 Å². The Hall–Kier alpha value is -1.85. The Morgan fingerprint density at radius 3 is 2.84 bits per heavy atom. The van der Waals surface area contributed by atoms with E-state index < -0.39 is 0 Å². The van der Waals surface area contributed by atoms with Gasteiger partial charge in [0.05, 0.1) is 19.8 Å². The van der Waals surface area contributed by atoms with Gasteiger partial charge >= 0.3 is 0 Å². The lowest BCUT2D eigenvalue weighted by Crippen LogP contribution is -2.33. The van der Waals surface area contributed by atoms with Crippen molar-refractivity contribution in [2.75, 3.05) is 32.7 Å². The third-order valence-corrected chi connectivity index (χ3v) is 2.96. The van der Waals surface area contributed by atoms with Crippen LogP contribution in [0.1, 0.15) is 0 Å². The second-order valence-electron chi connectivity index (χ2n) is 4.28. The van der Waals surface area contributed by atoms with Crippen molar-refractivity contribution in [3.05, 3.63) is 30.5 Å². The molecule has 0 amide bonds. The molecule has 0 saturated heterocycles. The lowest BCUT2D eigenvalue weighted by molar-refractivity contribution is 0.187. The Kier molecular flexibility index (Phi) is 4.54. The molecule has 0 radical (unpaired) electrons. The molecule has 5 nitrogen and oxygen atoms in total. The molecule has 19 heavy (non-hydrogen) atoms. The summed E-state index contributed by atoms with van der Waals surface area (Å²) in [6.07, 6.45) is 1.77. The van der Waals surface area contributed by atoms with Crippen LogP contribution in [0.15, 0.2) is 30.5 Å². The topological polar surface area (TPSA) is 69.4 Å². The van der Waals surface area contributed by atoms with Crippen molar-refractivity contribution in [3.8, 4) is 5.75 Å². The molecule has 2 aromatic rings. The summed E-state index contributed by atoms with van der Waals surface area (Å²) in [4.78, 5) is 4.37. The van der Waals surface area contributed by atoms with E-state index in [1.165, 1.54) is 0 Å². The van der Waals surface area contributed by atoms with E-state index in [1.807, 2.05) is 24.3 Å². The predicted molar refractivity (Wildman–Crippen MR) is 76.6 cm³/mol. The van der Waals surface area contributed by atoms with Gasteiger partial charge in [-0.1, -0.05) is 0 Å². The van der Waals surface area contributed by atoms with Gasteiger partial charge < -0.3 is 20.5 Å². The van der Waals surface area contributed by atoms with E-state index in [9.17, 15) is 0 Å². The Balaban J connectivity index is 2.32. The summed E-state index contributed by atoms with van der Waals surface area (Å²) in [6.45, 7) is 1.03. The van der Waals surface area contributed by atoms with Crippen LogP contribution in [0.4, 0.5) is 5.82 Å². The van der Waals surface area contributed by atoms with Crippen LogP contribution >= 0.6 is 0 Å². The van der Waals surface area contributed by atoms with Crippen molar-refractivity contribution in [3.63, 3.8) is 0 Å². The first-order valence-corrected chi connectivity index (χ1v) is 6.16. The molecule has 1 unspecified atom stereocenters. The van der Waals surface area contributed by atoms with Crippen LogP contribution < -0.4 is 15.8 Å². The Morgan fingerprint density at radius 1 is 1.32 bits per heavy atom. The molecular formula is C14H19N3O2. The molecule has 1 aromatic heterocycles. The van der Waals surface area contributed by atoms with Gasteiger partial charge in [-0.2, -0.15) is 0 Å². The van der Waals surface area contributed by atoms with Gasteiger partial charge in [0.1, 0.15) is 11.6 Å². The molecule has 1 heterocycles. The van der Waals surface area contributed by atoms with Gasteiger partial charge in [-0.3, -0.25) is 0 Å².